The van der Waals surface area contributed by atoms with E-state index in [1.807, 2.05) is 29.2 Å². The number of nitrogens with zero attached hydrogens (tertiary/aromatic N) is 2. The van der Waals surface area contributed by atoms with Crippen molar-refractivity contribution in [3.8, 4) is 11.1 Å². The molecular weight excluding hydrogens is 402 g/mol. The van der Waals surface area contributed by atoms with Gasteiger partial charge in [0.2, 0.25) is 5.91 Å². The Bertz CT molecular complexity index is 966. The van der Waals surface area contributed by atoms with Crippen LogP contribution in [0, 0.1) is 5.41 Å². The summed E-state index contributed by atoms with van der Waals surface area (Å²) in [5.74, 6) is -0.0301. The minimum atomic E-state index is -1.08. The predicted octanol–water partition coefficient (Wildman–Crippen LogP) is 3.60. The Hall–Kier alpha value is -2.73. The lowest BCUT2D eigenvalue weighted by Crippen LogP contribution is -2.62. The zero-order chi connectivity index (χ0) is 22.8. The summed E-state index contributed by atoms with van der Waals surface area (Å²) in [7, 11) is 0. The molecule has 0 bridgehead atoms. The number of rotatable bonds is 6. The highest BCUT2D eigenvalue weighted by Gasteiger charge is 2.46. The minimum absolute atomic E-state index is 0.0786. The third-order valence-corrected chi connectivity index (χ3v) is 5.98. The van der Waals surface area contributed by atoms with Crippen molar-refractivity contribution in [1.82, 2.24) is 15.2 Å². The summed E-state index contributed by atoms with van der Waals surface area (Å²) in [6.07, 6.45) is 6.43. The van der Waals surface area contributed by atoms with Crippen LogP contribution in [0.1, 0.15) is 45.6 Å². The molecule has 1 aromatic heterocycles. The number of amides is 2. The molecule has 32 heavy (non-hydrogen) atoms. The highest BCUT2D eigenvalue weighted by Crippen LogP contribution is 2.30. The van der Waals surface area contributed by atoms with Gasteiger partial charge >= 0.3 is 0 Å². The Labute approximate surface area is 190 Å². The maximum atomic E-state index is 13.4. The highest BCUT2D eigenvalue weighted by atomic mass is 16.5. The largest absolute Gasteiger partial charge is 0.361 e. The second kappa shape index (κ2) is 9.02. The van der Waals surface area contributed by atoms with E-state index >= 15 is 0 Å². The summed E-state index contributed by atoms with van der Waals surface area (Å²) in [5, 5.41) is 3.13. The van der Waals surface area contributed by atoms with Crippen molar-refractivity contribution in [3.63, 3.8) is 0 Å². The summed E-state index contributed by atoms with van der Waals surface area (Å²) in [6.45, 7) is 7.33. The number of aromatic nitrogens is 1. The first-order valence-corrected chi connectivity index (χ1v) is 11.5. The maximum absolute atomic E-state index is 13.4. The van der Waals surface area contributed by atoms with E-state index in [0.717, 1.165) is 29.5 Å². The van der Waals surface area contributed by atoms with Gasteiger partial charge in [-0.25, -0.2) is 0 Å². The molecule has 1 atom stereocenters. The first-order valence-electron chi connectivity index (χ1n) is 11.5. The van der Waals surface area contributed by atoms with E-state index < -0.39 is 5.60 Å². The molecule has 1 saturated heterocycles. The van der Waals surface area contributed by atoms with Crippen LogP contribution in [0.2, 0.25) is 0 Å². The van der Waals surface area contributed by atoms with E-state index in [2.05, 4.69) is 43.2 Å². The summed E-state index contributed by atoms with van der Waals surface area (Å²) in [4.78, 5) is 32.3. The lowest BCUT2D eigenvalue weighted by Gasteiger charge is -2.42. The number of benzene rings is 1. The zero-order valence-electron chi connectivity index (χ0n) is 19.3. The maximum Gasteiger partial charge on any atom is 0.254 e. The summed E-state index contributed by atoms with van der Waals surface area (Å²) in [6, 6.07) is 12.3. The number of morpholine rings is 1. The molecule has 1 aliphatic carbocycles. The number of carbonyl (C=O) groups is 2. The summed E-state index contributed by atoms with van der Waals surface area (Å²) < 4.78 is 6.20. The van der Waals surface area contributed by atoms with Gasteiger partial charge in [-0.05, 0) is 47.1 Å². The van der Waals surface area contributed by atoms with Crippen LogP contribution in [0.5, 0.6) is 0 Å². The molecule has 2 fully saturated rings. The average molecular weight is 436 g/mol. The second-order valence-corrected chi connectivity index (χ2v) is 10.3. The first kappa shape index (κ1) is 22.5. The molecule has 2 heterocycles. The number of carbonyl (C=O) groups excluding carboxylic acids is 2. The SMILES string of the molecule is CC(C)(C)CC(=O)N1CCO[C@](Cc2cccc(-c3ccncc3)c2)(C(=O)NC2CC2)C1. The Morgan fingerprint density at radius 2 is 1.91 bits per heavy atom. The third kappa shape index (κ3) is 5.54. The molecule has 1 saturated carbocycles. The van der Waals surface area contributed by atoms with Crippen LogP contribution < -0.4 is 5.32 Å². The molecule has 170 valence electrons. The molecule has 2 aromatic rings. The Kier molecular flexibility index (Phi) is 6.33. The smallest absolute Gasteiger partial charge is 0.254 e. The van der Waals surface area contributed by atoms with E-state index in [0.29, 0.717) is 26.0 Å². The summed E-state index contributed by atoms with van der Waals surface area (Å²) in [5.41, 5.74) is 1.97. The van der Waals surface area contributed by atoms with Crippen molar-refractivity contribution < 1.29 is 14.3 Å². The van der Waals surface area contributed by atoms with Crippen LogP contribution in [0.4, 0.5) is 0 Å². The fraction of sp³-hybridized carbons (Fsp3) is 0.500. The van der Waals surface area contributed by atoms with E-state index in [1.165, 1.54) is 0 Å². The molecule has 4 rings (SSSR count). The summed E-state index contributed by atoms with van der Waals surface area (Å²) >= 11 is 0. The third-order valence-electron chi connectivity index (χ3n) is 5.98. The van der Waals surface area contributed by atoms with Crippen LogP contribution in [-0.4, -0.2) is 53.0 Å². The Morgan fingerprint density at radius 1 is 1.16 bits per heavy atom. The minimum Gasteiger partial charge on any atom is -0.361 e. The fourth-order valence-corrected chi connectivity index (χ4v) is 4.17. The molecule has 2 aliphatic rings. The van der Waals surface area contributed by atoms with Gasteiger partial charge in [0.15, 0.2) is 5.60 Å². The lowest BCUT2D eigenvalue weighted by molar-refractivity contribution is -0.166. The fourth-order valence-electron chi connectivity index (χ4n) is 4.17. The van der Waals surface area contributed by atoms with Crippen LogP contribution in [0.25, 0.3) is 11.1 Å². The van der Waals surface area contributed by atoms with Gasteiger partial charge in [-0.15, -0.1) is 0 Å². The monoisotopic (exact) mass is 435 g/mol. The van der Waals surface area contributed by atoms with Crippen molar-refractivity contribution in [1.29, 1.82) is 0 Å². The van der Waals surface area contributed by atoms with Gasteiger partial charge in [0.05, 0.1) is 13.2 Å². The normalized spacial score (nSPS) is 21.3. The molecule has 6 nitrogen and oxygen atoms in total. The van der Waals surface area contributed by atoms with Crippen molar-refractivity contribution >= 4 is 11.8 Å². The van der Waals surface area contributed by atoms with Crippen molar-refractivity contribution in [2.75, 3.05) is 19.7 Å². The number of hydrogen-bond donors (Lipinski definition) is 1. The van der Waals surface area contributed by atoms with Gasteiger partial charge in [0.25, 0.3) is 5.91 Å². The number of pyridine rings is 1. The molecule has 1 aromatic carbocycles. The van der Waals surface area contributed by atoms with Crippen molar-refractivity contribution in [2.45, 2.75) is 58.1 Å². The molecule has 1 aliphatic heterocycles. The molecule has 1 N–H and O–H groups in total. The lowest BCUT2D eigenvalue weighted by atomic mass is 9.88. The van der Waals surface area contributed by atoms with Gasteiger partial charge in [0.1, 0.15) is 0 Å². The topological polar surface area (TPSA) is 71.5 Å². The highest BCUT2D eigenvalue weighted by molar-refractivity contribution is 5.88. The van der Waals surface area contributed by atoms with E-state index in [4.69, 9.17) is 4.74 Å². The predicted molar refractivity (Wildman–Crippen MR) is 124 cm³/mol. The molecule has 0 radical (unpaired) electrons. The van der Waals surface area contributed by atoms with Gasteiger partial charge in [-0.1, -0.05) is 45.0 Å². The van der Waals surface area contributed by atoms with Crippen molar-refractivity contribution in [2.24, 2.45) is 5.41 Å². The molecular formula is C26H33N3O3. The quantitative estimate of drug-likeness (QED) is 0.753. The van der Waals surface area contributed by atoms with E-state index in [-0.39, 0.29) is 29.8 Å². The second-order valence-electron chi connectivity index (χ2n) is 10.3. The van der Waals surface area contributed by atoms with Gasteiger partial charge in [-0.3, -0.25) is 14.6 Å². The van der Waals surface area contributed by atoms with Crippen LogP contribution >= 0.6 is 0 Å². The number of hydrogen-bond acceptors (Lipinski definition) is 4. The number of ether oxygens (including phenoxy) is 1. The molecule has 0 spiro atoms. The van der Waals surface area contributed by atoms with E-state index in [1.54, 1.807) is 12.4 Å². The molecule has 2 amide bonds. The standard InChI is InChI=1S/C26H33N3O3/c1-25(2,3)17-23(30)29-13-14-32-26(18-29,24(31)28-22-7-8-22)16-19-5-4-6-21(15-19)20-9-11-27-12-10-20/h4-6,9-12,15,22H,7-8,13-14,16-18H2,1-3H3,(H,28,31)/t26-/m0/s1. The first-order chi connectivity index (χ1) is 15.2. The van der Waals surface area contributed by atoms with Crippen molar-refractivity contribution in [3.05, 3.63) is 54.4 Å². The van der Waals surface area contributed by atoms with Gasteiger partial charge in [0, 0.05) is 37.8 Å². The van der Waals surface area contributed by atoms with Gasteiger partial charge in [-0.2, -0.15) is 0 Å². The van der Waals surface area contributed by atoms with E-state index in [9.17, 15) is 9.59 Å². The Morgan fingerprint density at radius 3 is 2.59 bits per heavy atom. The molecule has 0 unspecified atom stereocenters. The number of nitrogens with one attached hydrogen (secondary N) is 1. The zero-order valence-corrected chi connectivity index (χ0v) is 19.3. The average Bonchev–Trinajstić information content (AvgIpc) is 3.57. The van der Waals surface area contributed by atoms with Gasteiger partial charge < -0.3 is 15.0 Å². The van der Waals surface area contributed by atoms with Crippen LogP contribution in [-0.2, 0) is 20.7 Å². The van der Waals surface area contributed by atoms with Crippen LogP contribution in [0.3, 0.4) is 0 Å². The van der Waals surface area contributed by atoms with Crippen LogP contribution in [0.15, 0.2) is 48.8 Å². The molecule has 6 heteroatoms. The Balaban J connectivity index is 1.59.